The first-order valence-electron chi connectivity index (χ1n) is 7.51. The van der Waals surface area contributed by atoms with Crippen LogP contribution in [0.15, 0.2) is 24.3 Å². The second-order valence-electron chi connectivity index (χ2n) is 5.03. The topological polar surface area (TPSA) is 123 Å². The van der Waals surface area contributed by atoms with Crippen molar-refractivity contribution >= 4 is 46.6 Å². The molecule has 0 aromatic heterocycles. The van der Waals surface area contributed by atoms with Gasteiger partial charge in [-0.3, -0.25) is 0 Å². The standard InChI is InChI=1S/C16H16N2O8Se2/c1-23-11-5-9(17(19)20)15(7-13(11)25-3)27-28-16-8-14(26-4)12(24-2)6-10(16)18(21)22/h5-8H,1-4H3. The Kier molecular flexibility index (Phi) is 7.47. The zero-order valence-electron chi connectivity index (χ0n) is 15.3. The van der Waals surface area contributed by atoms with E-state index in [0.29, 0.717) is 20.4 Å². The zero-order chi connectivity index (χ0) is 20.8. The Bertz CT molecular complexity index is 833. The van der Waals surface area contributed by atoms with E-state index in [-0.39, 0.29) is 22.9 Å². The first-order chi connectivity index (χ1) is 13.4. The molecule has 150 valence electrons. The second kappa shape index (κ2) is 9.61. The number of methoxy groups -OCH3 is 4. The van der Waals surface area contributed by atoms with Crippen LogP contribution < -0.4 is 27.9 Å². The summed E-state index contributed by atoms with van der Waals surface area (Å²) in [7, 11) is 5.65. The van der Waals surface area contributed by atoms with Gasteiger partial charge in [0, 0.05) is 0 Å². The second-order valence-corrected chi connectivity index (χ2v) is 11.2. The number of hydrogen-bond acceptors (Lipinski definition) is 8. The first-order valence-corrected chi connectivity index (χ1v) is 13.6. The van der Waals surface area contributed by atoms with Crippen LogP contribution in [0.1, 0.15) is 0 Å². The van der Waals surface area contributed by atoms with E-state index in [1.54, 1.807) is 12.1 Å². The molecule has 0 aliphatic carbocycles. The van der Waals surface area contributed by atoms with Gasteiger partial charge in [-0.05, 0) is 0 Å². The Morgan fingerprint density at radius 2 is 0.929 bits per heavy atom. The van der Waals surface area contributed by atoms with Gasteiger partial charge in [-0.2, -0.15) is 0 Å². The zero-order valence-corrected chi connectivity index (χ0v) is 18.7. The molecule has 0 saturated heterocycles. The molecule has 0 atom stereocenters. The van der Waals surface area contributed by atoms with Crippen LogP contribution in [0.3, 0.4) is 0 Å². The van der Waals surface area contributed by atoms with Crippen molar-refractivity contribution in [1.82, 2.24) is 0 Å². The predicted molar refractivity (Wildman–Crippen MR) is 103 cm³/mol. The summed E-state index contributed by atoms with van der Waals surface area (Å²) in [6.45, 7) is 0. The monoisotopic (exact) mass is 524 g/mol. The van der Waals surface area contributed by atoms with Crippen LogP contribution in [0.4, 0.5) is 11.4 Å². The third kappa shape index (κ3) is 4.66. The van der Waals surface area contributed by atoms with Gasteiger partial charge in [-0.25, -0.2) is 0 Å². The quantitative estimate of drug-likeness (QED) is 0.270. The summed E-state index contributed by atoms with van der Waals surface area (Å²) in [5, 5.41) is 22.9. The molecule has 0 unspecified atom stereocenters. The van der Waals surface area contributed by atoms with Gasteiger partial charge in [0.25, 0.3) is 0 Å². The van der Waals surface area contributed by atoms with Crippen LogP contribution in [-0.2, 0) is 0 Å². The van der Waals surface area contributed by atoms with E-state index >= 15 is 0 Å². The maximum absolute atomic E-state index is 11.4. The molecule has 10 nitrogen and oxygen atoms in total. The van der Waals surface area contributed by atoms with E-state index in [2.05, 4.69) is 0 Å². The number of nitro benzene ring substituents is 2. The fourth-order valence-electron chi connectivity index (χ4n) is 2.21. The fraction of sp³-hybridized carbons (Fsp3) is 0.250. The molecule has 2 aromatic carbocycles. The third-order valence-electron chi connectivity index (χ3n) is 3.54. The minimum atomic E-state index is -0.502. The van der Waals surface area contributed by atoms with Crippen LogP contribution in [0.25, 0.3) is 0 Å². The SMILES string of the molecule is COc1cc([Se][Se]c2cc(OC)c(OC)cc2[N+](=O)[O-])c([N+](=O)[O-])cc1OC. The van der Waals surface area contributed by atoms with Crippen molar-refractivity contribution in [2.75, 3.05) is 28.4 Å². The molecule has 0 aliphatic heterocycles. The summed E-state index contributed by atoms with van der Waals surface area (Å²) >= 11 is -0.862. The Morgan fingerprint density at radius 3 is 1.18 bits per heavy atom. The van der Waals surface area contributed by atoms with Crippen LogP contribution in [0.2, 0.25) is 0 Å². The van der Waals surface area contributed by atoms with Crippen molar-refractivity contribution in [3.63, 3.8) is 0 Å². The predicted octanol–water partition coefficient (Wildman–Crippen LogP) is 0.812. The van der Waals surface area contributed by atoms with Gasteiger partial charge >= 0.3 is 171 Å². The summed E-state index contributed by atoms with van der Waals surface area (Å²) in [5.41, 5.74) is -0.217. The minimum absolute atomic E-state index is 0.109. The van der Waals surface area contributed by atoms with Crippen molar-refractivity contribution in [2.45, 2.75) is 0 Å². The summed E-state index contributed by atoms with van der Waals surface area (Å²) in [6, 6.07) is 5.70. The molecule has 0 radical (unpaired) electrons. The van der Waals surface area contributed by atoms with Gasteiger partial charge in [-0.15, -0.1) is 0 Å². The van der Waals surface area contributed by atoms with Gasteiger partial charge in [0.05, 0.1) is 0 Å². The molecule has 0 bridgehead atoms. The molecule has 0 saturated carbocycles. The average molecular weight is 522 g/mol. The van der Waals surface area contributed by atoms with Gasteiger partial charge in [-0.1, -0.05) is 0 Å². The molecule has 28 heavy (non-hydrogen) atoms. The average Bonchev–Trinajstić information content (AvgIpc) is 2.70. The summed E-state index contributed by atoms with van der Waals surface area (Å²) in [4.78, 5) is 21.9. The molecule has 0 heterocycles. The molecule has 0 spiro atoms. The number of ether oxygens (including phenoxy) is 4. The van der Waals surface area contributed by atoms with Crippen molar-refractivity contribution in [3.8, 4) is 23.0 Å². The number of nitro groups is 2. The van der Waals surface area contributed by atoms with Gasteiger partial charge < -0.3 is 0 Å². The van der Waals surface area contributed by atoms with Gasteiger partial charge in [0.2, 0.25) is 0 Å². The Balaban J connectivity index is 2.45. The first kappa shape index (κ1) is 21.8. The van der Waals surface area contributed by atoms with E-state index in [1.165, 1.54) is 40.6 Å². The van der Waals surface area contributed by atoms with Crippen LogP contribution in [0.5, 0.6) is 23.0 Å². The van der Waals surface area contributed by atoms with E-state index in [9.17, 15) is 20.2 Å². The van der Waals surface area contributed by atoms with Crippen LogP contribution in [0, 0.1) is 20.2 Å². The normalized spacial score (nSPS) is 10.3. The molecule has 0 N–H and O–H groups in total. The number of hydrogen-bond donors (Lipinski definition) is 0. The van der Waals surface area contributed by atoms with E-state index in [4.69, 9.17) is 18.9 Å². The third-order valence-corrected chi connectivity index (χ3v) is 10.7. The fourth-order valence-corrected chi connectivity index (χ4v) is 9.02. The summed E-state index contributed by atoms with van der Waals surface area (Å²) in [5.74, 6) is 1.22. The van der Waals surface area contributed by atoms with E-state index in [1.807, 2.05) is 0 Å². The molecular formula is C16H16N2O8Se2. The molecule has 0 amide bonds. The van der Waals surface area contributed by atoms with Crippen molar-refractivity contribution < 1.29 is 28.8 Å². The molecule has 12 heteroatoms. The number of rotatable bonds is 9. The van der Waals surface area contributed by atoms with Gasteiger partial charge in [0.15, 0.2) is 0 Å². The molecule has 0 aliphatic rings. The van der Waals surface area contributed by atoms with Crippen LogP contribution in [-0.4, -0.2) is 64.5 Å². The molecular weight excluding hydrogens is 506 g/mol. The molecule has 2 aromatic rings. The Hall–Kier alpha value is -2.52. The Labute approximate surface area is 171 Å². The van der Waals surface area contributed by atoms with Crippen molar-refractivity contribution in [3.05, 3.63) is 44.5 Å². The molecule has 2 rings (SSSR count). The van der Waals surface area contributed by atoms with Crippen molar-refractivity contribution in [2.24, 2.45) is 0 Å². The van der Waals surface area contributed by atoms with Gasteiger partial charge in [0.1, 0.15) is 0 Å². The summed E-state index contributed by atoms with van der Waals surface area (Å²) in [6.07, 6.45) is 0. The maximum atomic E-state index is 11.4. The van der Waals surface area contributed by atoms with E-state index in [0.717, 1.165) is 0 Å². The summed E-state index contributed by atoms with van der Waals surface area (Å²) < 4.78 is 21.6. The van der Waals surface area contributed by atoms with Crippen LogP contribution >= 0.6 is 0 Å². The van der Waals surface area contributed by atoms with Crippen molar-refractivity contribution in [1.29, 1.82) is 0 Å². The number of nitrogens with zero attached hydrogens (tertiary/aromatic N) is 2. The molecule has 0 fully saturated rings. The number of benzene rings is 2. The Morgan fingerprint density at radius 1 is 0.643 bits per heavy atom. The van der Waals surface area contributed by atoms with E-state index < -0.39 is 36.1 Å².